The van der Waals surface area contributed by atoms with Gasteiger partial charge in [-0.05, 0) is 6.04 Å². The van der Waals surface area contributed by atoms with Crippen LogP contribution in [0.15, 0.2) is 0 Å². The van der Waals surface area contributed by atoms with Gasteiger partial charge in [0.05, 0.1) is 0 Å². The molecule has 2 heteroatoms. The van der Waals surface area contributed by atoms with Gasteiger partial charge in [-0.15, -0.1) is 0 Å². The largest absolute Gasteiger partial charge is 0.438 e. The summed E-state index contributed by atoms with van der Waals surface area (Å²) >= 11 is 0. The molecule has 0 saturated heterocycles. The molecule has 0 amide bonds. The lowest BCUT2D eigenvalue weighted by Crippen LogP contribution is -1.75. The van der Waals surface area contributed by atoms with Gasteiger partial charge in [0.2, 0.25) is 0 Å². The summed E-state index contributed by atoms with van der Waals surface area (Å²) in [6.45, 7) is 1.99. The van der Waals surface area contributed by atoms with Crippen molar-refractivity contribution in [3.8, 4) is 0 Å². The smallest absolute Gasteiger partial charge is 0.156 e. The Hall–Kier alpha value is 0.177. The molecule has 0 atom stereocenters. The lowest BCUT2D eigenvalue weighted by atomic mass is 11.0. The van der Waals surface area contributed by atoms with Crippen LogP contribution in [0.25, 0.3) is 0 Å². The van der Waals surface area contributed by atoms with Crippen LogP contribution in [-0.4, -0.2) is 14.6 Å². The van der Waals surface area contributed by atoms with Gasteiger partial charge in [-0.25, -0.2) is 0 Å². The van der Waals surface area contributed by atoms with E-state index in [1.54, 1.807) is 0 Å². The molecule has 0 unspecified atom stereocenters. The molecule has 0 aromatic carbocycles. The van der Waals surface area contributed by atoms with Gasteiger partial charge in [0.1, 0.15) is 0 Å². The van der Waals surface area contributed by atoms with Gasteiger partial charge in [0.25, 0.3) is 0 Å². The molecule has 0 aliphatic rings. The van der Waals surface area contributed by atoms with Crippen LogP contribution in [0.5, 0.6) is 0 Å². The summed E-state index contributed by atoms with van der Waals surface area (Å²) in [7, 11) is -0.576. The normalized spacial score (nSPS) is 10.5. The summed E-state index contributed by atoms with van der Waals surface area (Å²) in [5, 5.41) is 0. The number of rotatable bonds is 1. The highest BCUT2D eigenvalue weighted by Gasteiger charge is 1.60. The lowest BCUT2D eigenvalue weighted by Gasteiger charge is -1.66. The second kappa shape index (κ2) is 3.18. The summed E-state index contributed by atoms with van der Waals surface area (Å²) in [5.41, 5.74) is 0. The maximum atomic E-state index is 8.01. The van der Waals surface area contributed by atoms with Gasteiger partial charge >= 0.3 is 0 Å². The van der Waals surface area contributed by atoms with Crippen molar-refractivity contribution in [3.63, 3.8) is 0 Å². The fraction of sp³-hybridized carbons (Fsp3) is 1.00. The second-order valence-electron chi connectivity index (χ2n) is 0.724. The monoisotopic (exact) mass is 76.0 g/mol. The van der Waals surface area contributed by atoms with Crippen LogP contribution in [0.3, 0.4) is 0 Å². The van der Waals surface area contributed by atoms with E-state index < -0.39 is 9.76 Å². The molecule has 0 aromatic rings. The summed E-state index contributed by atoms with van der Waals surface area (Å²) < 4.78 is 0. The Morgan fingerprint density at radius 2 is 2.25 bits per heavy atom. The third kappa shape index (κ3) is 2.18. The summed E-state index contributed by atoms with van der Waals surface area (Å²) in [4.78, 5) is 8.01. The van der Waals surface area contributed by atoms with Crippen molar-refractivity contribution in [2.45, 2.75) is 13.0 Å². The van der Waals surface area contributed by atoms with Crippen molar-refractivity contribution in [3.05, 3.63) is 0 Å². The highest BCUT2D eigenvalue weighted by molar-refractivity contribution is 6.24. The molecule has 0 rings (SSSR count). The summed E-state index contributed by atoms with van der Waals surface area (Å²) in [6, 6.07) is 1.01. The Bertz CT molecular complexity index is 8.00. The van der Waals surface area contributed by atoms with E-state index in [-0.39, 0.29) is 0 Å². The van der Waals surface area contributed by atoms with E-state index in [1.165, 1.54) is 0 Å². The van der Waals surface area contributed by atoms with Crippen molar-refractivity contribution >= 4 is 9.76 Å². The highest BCUT2D eigenvalue weighted by Crippen LogP contribution is 1.60. The molecule has 0 bridgehead atoms. The zero-order valence-electron chi connectivity index (χ0n) is 2.86. The van der Waals surface area contributed by atoms with E-state index in [0.29, 0.717) is 0 Å². The second-order valence-corrected chi connectivity index (χ2v) is 2.17. The third-order valence-corrected chi connectivity index (χ3v) is 0.671. The first-order valence-electron chi connectivity index (χ1n) is 1.52. The van der Waals surface area contributed by atoms with Crippen LogP contribution in [-0.2, 0) is 0 Å². The molecular weight excluding hydrogens is 68.1 g/mol. The predicted molar refractivity (Wildman–Crippen MR) is 21.2 cm³/mol. The van der Waals surface area contributed by atoms with Gasteiger partial charge in [0, 0.05) is 0 Å². The van der Waals surface area contributed by atoms with Crippen LogP contribution in [0, 0.1) is 0 Å². The molecule has 0 aliphatic heterocycles. The average Bonchev–Trinajstić information content (AvgIpc) is 1.37. The average molecular weight is 76.2 g/mol. The van der Waals surface area contributed by atoms with Gasteiger partial charge < -0.3 is 4.80 Å². The number of hydrogen-bond donors (Lipinski definition) is 1. The molecular formula is C2H8OSi. The quantitative estimate of drug-likeness (QED) is 0.417. The van der Waals surface area contributed by atoms with Crippen LogP contribution in [0.2, 0.25) is 6.04 Å². The van der Waals surface area contributed by atoms with Crippen LogP contribution in [0.1, 0.15) is 6.92 Å². The molecule has 1 nitrogen and oxygen atoms in total. The maximum absolute atomic E-state index is 8.01. The molecule has 4 heavy (non-hydrogen) atoms. The molecule has 0 aliphatic carbocycles. The van der Waals surface area contributed by atoms with Crippen molar-refractivity contribution in [1.29, 1.82) is 0 Å². The fourth-order valence-electron chi connectivity index (χ4n) is 0. The third-order valence-electron chi connectivity index (χ3n) is 0.224. The van der Waals surface area contributed by atoms with Crippen LogP contribution in [0.4, 0.5) is 0 Å². The Labute approximate surface area is 28.6 Å². The van der Waals surface area contributed by atoms with E-state index in [4.69, 9.17) is 4.80 Å². The van der Waals surface area contributed by atoms with E-state index in [2.05, 4.69) is 0 Å². The Balaban J connectivity index is 1.97. The molecule has 1 N–H and O–H groups in total. The maximum Gasteiger partial charge on any atom is 0.156 e. The van der Waals surface area contributed by atoms with Crippen LogP contribution >= 0.6 is 0 Å². The first-order chi connectivity index (χ1) is 1.91. The van der Waals surface area contributed by atoms with Gasteiger partial charge in [-0.1, -0.05) is 6.92 Å². The minimum atomic E-state index is -0.576. The Kier molecular flexibility index (Phi) is 3.32. The van der Waals surface area contributed by atoms with Crippen molar-refractivity contribution in [2.75, 3.05) is 0 Å². The Morgan fingerprint density at radius 3 is 2.25 bits per heavy atom. The van der Waals surface area contributed by atoms with Crippen molar-refractivity contribution in [2.24, 2.45) is 0 Å². The van der Waals surface area contributed by atoms with Gasteiger partial charge in [-0.3, -0.25) is 0 Å². The molecule has 0 radical (unpaired) electrons. The number of hydrogen-bond acceptors (Lipinski definition) is 1. The first kappa shape index (κ1) is 4.18. The highest BCUT2D eigenvalue weighted by atomic mass is 28.2. The standard InChI is InChI=1S/C2H8OSi/c1-2-4-3/h3H,2,4H2,1H3. The zero-order chi connectivity index (χ0) is 3.41. The molecule has 0 saturated carbocycles. The van der Waals surface area contributed by atoms with Crippen LogP contribution < -0.4 is 0 Å². The molecule has 0 heterocycles. The van der Waals surface area contributed by atoms with E-state index in [1.807, 2.05) is 6.92 Å². The van der Waals surface area contributed by atoms with Crippen molar-refractivity contribution in [1.82, 2.24) is 0 Å². The molecule has 26 valence electrons. The minimum Gasteiger partial charge on any atom is -0.438 e. The molecule has 0 spiro atoms. The lowest BCUT2D eigenvalue weighted by molar-refractivity contribution is 0.602. The topological polar surface area (TPSA) is 20.2 Å². The van der Waals surface area contributed by atoms with E-state index in [9.17, 15) is 0 Å². The van der Waals surface area contributed by atoms with E-state index in [0.717, 1.165) is 6.04 Å². The SMILES string of the molecule is CC[SiH2]O. The molecule has 0 fully saturated rings. The Morgan fingerprint density at radius 1 is 2.00 bits per heavy atom. The summed E-state index contributed by atoms with van der Waals surface area (Å²) in [6.07, 6.45) is 0. The zero-order valence-corrected chi connectivity index (χ0v) is 4.28. The fourth-order valence-corrected chi connectivity index (χ4v) is 0. The summed E-state index contributed by atoms with van der Waals surface area (Å²) in [5.74, 6) is 0. The van der Waals surface area contributed by atoms with Gasteiger partial charge in [0.15, 0.2) is 9.76 Å². The van der Waals surface area contributed by atoms with Gasteiger partial charge in [-0.2, -0.15) is 0 Å². The van der Waals surface area contributed by atoms with E-state index >= 15 is 0 Å². The first-order valence-corrected chi connectivity index (χ1v) is 3.16. The van der Waals surface area contributed by atoms with Crippen molar-refractivity contribution < 1.29 is 4.80 Å². The predicted octanol–water partition coefficient (Wildman–Crippen LogP) is -0.499. The minimum absolute atomic E-state index is 0.576. The molecule has 0 aromatic heterocycles.